The summed E-state index contributed by atoms with van der Waals surface area (Å²) in [5, 5.41) is 2.65. The van der Waals surface area contributed by atoms with E-state index in [1.54, 1.807) is 0 Å². The maximum Gasteiger partial charge on any atom is 0.417 e. The quantitative estimate of drug-likeness (QED) is 0.782. The lowest BCUT2D eigenvalue weighted by atomic mass is 9.99. The molecule has 0 aliphatic carbocycles. The summed E-state index contributed by atoms with van der Waals surface area (Å²) in [6.45, 7) is 2.45. The fraction of sp³-hybridized carbons (Fsp3) is 0.571. The number of nitrogens with zero attached hydrogens (tertiary/aromatic N) is 1. The zero-order valence-electron chi connectivity index (χ0n) is 12.0. The largest absolute Gasteiger partial charge is 0.417 e. The maximum absolute atomic E-state index is 12.8. The van der Waals surface area contributed by atoms with Crippen molar-refractivity contribution in [3.63, 3.8) is 0 Å². The van der Waals surface area contributed by atoms with Crippen molar-refractivity contribution in [2.24, 2.45) is 0 Å². The zero-order chi connectivity index (χ0) is 16.3. The van der Waals surface area contributed by atoms with Gasteiger partial charge < -0.3 is 5.32 Å². The SMILES string of the molecule is Cl.FC(F)C[C@@H](c1ccc(C(F)(F)F)c(Cl)c1)N1CCNCC1. The van der Waals surface area contributed by atoms with Crippen LogP contribution in [0.25, 0.3) is 0 Å². The van der Waals surface area contributed by atoms with Gasteiger partial charge in [-0.05, 0) is 17.7 Å². The molecule has 1 N–H and O–H groups in total. The third kappa shape index (κ3) is 5.45. The molecular weight excluding hydrogens is 362 g/mol. The Bertz CT molecular complexity index is 504. The molecule has 1 aromatic carbocycles. The summed E-state index contributed by atoms with van der Waals surface area (Å²) in [6.07, 6.45) is -7.52. The summed E-state index contributed by atoms with van der Waals surface area (Å²) in [4.78, 5) is 1.85. The minimum Gasteiger partial charge on any atom is -0.314 e. The van der Waals surface area contributed by atoms with Crippen LogP contribution < -0.4 is 5.32 Å². The molecule has 0 saturated carbocycles. The Morgan fingerprint density at radius 3 is 2.26 bits per heavy atom. The third-order valence-corrected chi connectivity index (χ3v) is 3.99. The summed E-state index contributed by atoms with van der Waals surface area (Å²) in [5.41, 5.74) is -0.561. The Kier molecular flexibility index (Phi) is 7.51. The molecule has 0 amide bonds. The van der Waals surface area contributed by atoms with Gasteiger partial charge in [0.15, 0.2) is 0 Å². The Hall–Kier alpha value is -0.630. The second-order valence-corrected chi connectivity index (χ2v) is 5.57. The number of hydrogen-bond acceptors (Lipinski definition) is 2. The van der Waals surface area contributed by atoms with E-state index in [-0.39, 0.29) is 12.4 Å². The van der Waals surface area contributed by atoms with Crippen LogP contribution >= 0.6 is 24.0 Å². The van der Waals surface area contributed by atoms with Gasteiger partial charge in [0.05, 0.1) is 10.6 Å². The maximum atomic E-state index is 12.8. The van der Waals surface area contributed by atoms with E-state index >= 15 is 0 Å². The van der Waals surface area contributed by atoms with E-state index in [0.717, 1.165) is 12.1 Å². The first-order valence-electron chi connectivity index (χ1n) is 6.88. The van der Waals surface area contributed by atoms with Crippen molar-refractivity contribution < 1.29 is 22.0 Å². The normalized spacial score (nSPS) is 17.9. The molecule has 0 radical (unpaired) electrons. The van der Waals surface area contributed by atoms with Crippen molar-refractivity contribution in [2.45, 2.75) is 25.1 Å². The van der Waals surface area contributed by atoms with E-state index in [2.05, 4.69) is 5.32 Å². The van der Waals surface area contributed by atoms with Crippen LogP contribution in [0.1, 0.15) is 23.6 Å². The Morgan fingerprint density at radius 1 is 1.17 bits per heavy atom. The standard InChI is InChI=1S/C14H16ClF5N2.ClH/c15-11-7-9(1-2-10(11)14(18,19)20)12(8-13(16)17)22-5-3-21-4-6-22;/h1-2,7,12-13,21H,3-6,8H2;1H/t12-;/m0./s1. The highest BCUT2D eigenvalue weighted by atomic mass is 35.5. The van der Waals surface area contributed by atoms with Gasteiger partial charge in [-0.1, -0.05) is 17.7 Å². The van der Waals surface area contributed by atoms with E-state index in [1.165, 1.54) is 6.07 Å². The van der Waals surface area contributed by atoms with Crippen molar-refractivity contribution >= 4 is 24.0 Å². The highest BCUT2D eigenvalue weighted by Gasteiger charge is 2.34. The van der Waals surface area contributed by atoms with E-state index in [4.69, 9.17) is 11.6 Å². The van der Waals surface area contributed by atoms with Crippen molar-refractivity contribution in [3.8, 4) is 0 Å². The number of nitrogens with one attached hydrogen (secondary N) is 1. The lowest BCUT2D eigenvalue weighted by Gasteiger charge is -2.35. The lowest BCUT2D eigenvalue weighted by molar-refractivity contribution is -0.137. The first-order chi connectivity index (χ1) is 10.3. The van der Waals surface area contributed by atoms with Crippen LogP contribution in [0.4, 0.5) is 22.0 Å². The second kappa shape index (κ2) is 8.46. The highest BCUT2D eigenvalue weighted by Crippen LogP contribution is 2.37. The first-order valence-corrected chi connectivity index (χ1v) is 7.26. The molecule has 132 valence electrons. The summed E-state index contributed by atoms with van der Waals surface area (Å²) >= 11 is 5.70. The smallest absolute Gasteiger partial charge is 0.314 e. The van der Waals surface area contributed by atoms with Gasteiger partial charge >= 0.3 is 6.18 Å². The average Bonchev–Trinajstić information content (AvgIpc) is 2.44. The number of benzene rings is 1. The first kappa shape index (κ1) is 20.4. The van der Waals surface area contributed by atoms with Crippen LogP contribution in [0.15, 0.2) is 18.2 Å². The monoisotopic (exact) mass is 378 g/mol. The van der Waals surface area contributed by atoms with Gasteiger partial charge in [0.2, 0.25) is 6.43 Å². The molecular formula is C14H17Cl2F5N2. The van der Waals surface area contributed by atoms with Crippen LogP contribution in [-0.4, -0.2) is 37.5 Å². The van der Waals surface area contributed by atoms with Gasteiger partial charge in [0.25, 0.3) is 0 Å². The molecule has 1 fully saturated rings. The van der Waals surface area contributed by atoms with Gasteiger partial charge in [-0.15, -0.1) is 12.4 Å². The van der Waals surface area contributed by atoms with Crippen molar-refractivity contribution in [3.05, 3.63) is 34.3 Å². The molecule has 0 spiro atoms. The molecule has 9 heteroatoms. The van der Waals surface area contributed by atoms with Gasteiger partial charge in [-0.25, -0.2) is 8.78 Å². The summed E-state index contributed by atoms with van der Waals surface area (Å²) < 4.78 is 63.8. The molecule has 1 aliphatic heterocycles. The molecule has 23 heavy (non-hydrogen) atoms. The molecule has 1 heterocycles. The van der Waals surface area contributed by atoms with Crippen molar-refractivity contribution in [1.82, 2.24) is 10.2 Å². The molecule has 1 saturated heterocycles. The van der Waals surface area contributed by atoms with Crippen LogP contribution in [0, 0.1) is 0 Å². The molecule has 0 aromatic heterocycles. The summed E-state index contributed by atoms with van der Waals surface area (Å²) in [6, 6.07) is 2.61. The van der Waals surface area contributed by atoms with Gasteiger partial charge in [0, 0.05) is 38.6 Å². The van der Waals surface area contributed by atoms with Crippen LogP contribution in [0.3, 0.4) is 0 Å². The molecule has 2 rings (SSSR count). The summed E-state index contributed by atoms with van der Waals surface area (Å²) in [7, 11) is 0. The van der Waals surface area contributed by atoms with E-state index in [9.17, 15) is 22.0 Å². The second-order valence-electron chi connectivity index (χ2n) is 5.17. The summed E-state index contributed by atoms with van der Waals surface area (Å²) in [5.74, 6) is 0. The zero-order valence-corrected chi connectivity index (χ0v) is 13.6. The third-order valence-electron chi connectivity index (χ3n) is 3.68. The minimum absolute atomic E-state index is 0. The topological polar surface area (TPSA) is 15.3 Å². The van der Waals surface area contributed by atoms with E-state index in [1.807, 2.05) is 4.90 Å². The van der Waals surface area contributed by atoms with Crippen LogP contribution in [0.5, 0.6) is 0 Å². The van der Waals surface area contributed by atoms with Crippen molar-refractivity contribution in [1.29, 1.82) is 0 Å². The Balaban J connectivity index is 0.00000264. The van der Waals surface area contributed by atoms with Crippen molar-refractivity contribution in [2.75, 3.05) is 26.2 Å². The van der Waals surface area contributed by atoms with Crippen LogP contribution in [0.2, 0.25) is 5.02 Å². The molecule has 0 unspecified atom stereocenters. The van der Waals surface area contributed by atoms with Crippen LogP contribution in [-0.2, 0) is 6.18 Å². The molecule has 1 aromatic rings. The predicted octanol–water partition coefficient (Wildman–Crippen LogP) is 4.38. The van der Waals surface area contributed by atoms with Gasteiger partial charge in [-0.2, -0.15) is 13.2 Å². The fourth-order valence-corrected chi connectivity index (χ4v) is 2.92. The van der Waals surface area contributed by atoms with Gasteiger partial charge in [0.1, 0.15) is 0 Å². The lowest BCUT2D eigenvalue weighted by Crippen LogP contribution is -2.45. The number of piperazine rings is 1. The van der Waals surface area contributed by atoms with Gasteiger partial charge in [-0.3, -0.25) is 4.90 Å². The molecule has 2 nitrogen and oxygen atoms in total. The number of rotatable bonds is 4. The predicted molar refractivity (Wildman–Crippen MR) is 81.5 cm³/mol. The van der Waals surface area contributed by atoms with E-state index < -0.39 is 35.7 Å². The number of hydrogen-bond donors (Lipinski definition) is 1. The Labute approximate surface area is 142 Å². The molecule has 0 bridgehead atoms. The van der Waals surface area contributed by atoms with E-state index in [0.29, 0.717) is 31.7 Å². The fourth-order valence-electron chi connectivity index (χ4n) is 2.63. The number of alkyl halides is 5. The Morgan fingerprint density at radius 2 is 1.78 bits per heavy atom. The average molecular weight is 379 g/mol. The number of halogens is 7. The molecule has 1 aliphatic rings. The minimum atomic E-state index is -4.55. The highest BCUT2D eigenvalue weighted by molar-refractivity contribution is 6.31. The molecule has 1 atom stereocenters.